The molecule has 0 atom stereocenters. The van der Waals surface area contributed by atoms with Crippen molar-refractivity contribution in [2.45, 2.75) is 59.2 Å². The molecule has 0 amide bonds. The van der Waals surface area contributed by atoms with Crippen LogP contribution < -0.4 is 9.74 Å². The van der Waals surface area contributed by atoms with Crippen molar-refractivity contribution in [1.29, 1.82) is 0 Å². The fraction of sp³-hybridized carbons (Fsp3) is 0.625. The van der Waals surface area contributed by atoms with E-state index in [1.54, 1.807) is 0 Å². The minimum atomic E-state index is -1.76. The normalized spacial score (nSPS) is 12.4. The van der Waals surface area contributed by atoms with E-state index in [-0.39, 0.29) is 5.04 Å². The molecule has 0 fully saturated rings. The van der Waals surface area contributed by atoms with Gasteiger partial charge in [-0.25, -0.2) is 0 Å². The maximum atomic E-state index is 6.42. The molecule has 0 unspecified atom stereocenters. The Balaban J connectivity index is 2.94. The summed E-state index contributed by atoms with van der Waals surface area (Å²) in [6.07, 6.45) is 1.13. The Labute approximate surface area is 119 Å². The molecule has 1 aromatic rings. The molecule has 0 aliphatic carbocycles. The molecule has 1 rings (SSSR count). The molecule has 3 heteroatoms. The first-order valence-electron chi connectivity index (χ1n) is 7.21. The van der Waals surface area contributed by atoms with Crippen LogP contribution in [0.5, 0.6) is 5.75 Å². The molecule has 1 aromatic carbocycles. The first-order chi connectivity index (χ1) is 8.67. The van der Waals surface area contributed by atoms with Gasteiger partial charge in [-0.05, 0) is 43.1 Å². The zero-order valence-corrected chi connectivity index (χ0v) is 14.6. The maximum Gasteiger partial charge on any atom is 0.250 e. The lowest BCUT2D eigenvalue weighted by Crippen LogP contribution is -2.44. The summed E-state index contributed by atoms with van der Waals surface area (Å²) < 4.78 is 6.42. The van der Waals surface area contributed by atoms with Crippen molar-refractivity contribution in [1.82, 2.24) is 0 Å². The molecule has 0 spiro atoms. The summed E-state index contributed by atoms with van der Waals surface area (Å²) in [6.45, 7) is 16.7. The topological polar surface area (TPSA) is 21.3 Å². The van der Waals surface area contributed by atoms with Crippen LogP contribution in [-0.2, 0) is 0 Å². The van der Waals surface area contributed by atoms with Crippen LogP contribution in [0.4, 0.5) is 5.69 Å². The third kappa shape index (κ3) is 4.27. The maximum absolute atomic E-state index is 6.42. The highest BCUT2D eigenvalue weighted by Gasteiger charge is 2.39. The van der Waals surface area contributed by atoms with E-state index >= 15 is 0 Å². The summed E-state index contributed by atoms with van der Waals surface area (Å²) in [6, 6.07) is 6.41. The van der Waals surface area contributed by atoms with Gasteiger partial charge in [-0.1, -0.05) is 33.8 Å². The summed E-state index contributed by atoms with van der Waals surface area (Å²) >= 11 is 0. The Morgan fingerprint density at radius 3 is 2.37 bits per heavy atom. The lowest BCUT2D eigenvalue weighted by molar-refractivity contribution is 0.489. The number of hydrogen-bond acceptors (Lipinski definition) is 2. The molecule has 19 heavy (non-hydrogen) atoms. The number of hydrogen-bond donors (Lipinski definition) is 1. The van der Waals surface area contributed by atoms with E-state index in [0.717, 1.165) is 24.4 Å². The van der Waals surface area contributed by atoms with Crippen LogP contribution in [0.1, 0.15) is 39.7 Å². The third-order valence-electron chi connectivity index (χ3n) is 3.94. The van der Waals surface area contributed by atoms with Gasteiger partial charge in [-0.2, -0.15) is 0 Å². The first kappa shape index (κ1) is 16.1. The van der Waals surface area contributed by atoms with Gasteiger partial charge in [0.15, 0.2) is 0 Å². The highest BCUT2D eigenvalue weighted by Crippen LogP contribution is 2.38. The van der Waals surface area contributed by atoms with Crippen molar-refractivity contribution in [2.75, 3.05) is 11.9 Å². The van der Waals surface area contributed by atoms with E-state index < -0.39 is 8.32 Å². The molecule has 0 aliphatic heterocycles. The summed E-state index contributed by atoms with van der Waals surface area (Å²) in [5.41, 5.74) is 2.37. The van der Waals surface area contributed by atoms with Gasteiger partial charge in [0.1, 0.15) is 5.75 Å². The van der Waals surface area contributed by atoms with Crippen molar-refractivity contribution in [2.24, 2.45) is 0 Å². The molecule has 0 aromatic heterocycles. The molecule has 0 aliphatic rings. The lowest BCUT2D eigenvalue weighted by atomic mass is 10.2. The predicted octanol–water partition coefficient (Wildman–Crippen LogP) is 5.20. The van der Waals surface area contributed by atoms with Crippen LogP contribution in [-0.4, -0.2) is 14.9 Å². The Bertz CT molecular complexity index is 421. The molecular weight excluding hydrogens is 250 g/mol. The lowest BCUT2D eigenvalue weighted by Gasteiger charge is -2.37. The number of rotatable bonds is 5. The number of anilines is 1. The Kier molecular flexibility index (Phi) is 5.08. The fourth-order valence-corrected chi connectivity index (χ4v) is 2.59. The van der Waals surface area contributed by atoms with Crippen LogP contribution in [0.15, 0.2) is 18.2 Å². The second kappa shape index (κ2) is 5.99. The van der Waals surface area contributed by atoms with Gasteiger partial charge >= 0.3 is 0 Å². The highest BCUT2D eigenvalue weighted by atomic mass is 28.4. The van der Waals surface area contributed by atoms with Crippen molar-refractivity contribution in [3.63, 3.8) is 0 Å². The van der Waals surface area contributed by atoms with Crippen molar-refractivity contribution in [3.8, 4) is 5.75 Å². The first-order valence-corrected chi connectivity index (χ1v) is 10.1. The fourth-order valence-electron chi connectivity index (χ4n) is 1.52. The molecular formula is C16H29NOSi. The van der Waals surface area contributed by atoms with E-state index in [2.05, 4.69) is 71.2 Å². The van der Waals surface area contributed by atoms with Gasteiger partial charge in [0, 0.05) is 18.3 Å². The van der Waals surface area contributed by atoms with Gasteiger partial charge in [0.2, 0.25) is 8.32 Å². The van der Waals surface area contributed by atoms with Crippen LogP contribution in [0.2, 0.25) is 18.1 Å². The zero-order chi connectivity index (χ0) is 14.7. The van der Waals surface area contributed by atoms with Crippen LogP contribution in [0, 0.1) is 6.92 Å². The zero-order valence-electron chi connectivity index (χ0n) is 13.6. The number of nitrogens with one attached hydrogen (secondary N) is 1. The van der Waals surface area contributed by atoms with E-state index in [1.807, 2.05) is 0 Å². The SMILES string of the molecule is CCCNc1ccc(C)c(O[Si](C)(C)C(C)(C)C)c1. The molecule has 0 radical (unpaired) electrons. The molecule has 108 valence electrons. The van der Waals surface area contributed by atoms with Gasteiger partial charge in [0.05, 0.1) is 0 Å². The number of benzene rings is 1. The molecule has 1 N–H and O–H groups in total. The summed E-state index contributed by atoms with van der Waals surface area (Å²) in [5, 5.41) is 3.65. The van der Waals surface area contributed by atoms with Crippen molar-refractivity contribution in [3.05, 3.63) is 23.8 Å². The van der Waals surface area contributed by atoms with E-state index in [0.29, 0.717) is 0 Å². The molecule has 2 nitrogen and oxygen atoms in total. The summed E-state index contributed by atoms with van der Waals surface area (Å²) in [7, 11) is -1.76. The molecule has 0 saturated heterocycles. The predicted molar refractivity (Wildman–Crippen MR) is 87.8 cm³/mol. The average molecular weight is 279 g/mol. The van der Waals surface area contributed by atoms with Gasteiger partial charge < -0.3 is 9.74 Å². The smallest absolute Gasteiger partial charge is 0.250 e. The molecule has 0 bridgehead atoms. The third-order valence-corrected chi connectivity index (χ3v) is 8.28. The minimum absolute atomic E-state index is 0.228. The van der Waals surface area contributed by atoms with Crippen LogP contribution in [0.3, 0.4) is 0 Å². The monoisotopic (exact) mass is 279 g/mol. The molecule has 0 saturated carbocycles. The van der Waals surface area contributed by atoms with Crippen molar-refractivity contribution < 1.29 is 4.43 Å². The quantitative estimate of drug-likeness (QED) is 0.748. The Hall–Kier alpha value is -0.963. The average Bonchev–Trinajstić information content (AvgIpc) is 2.28. The highest BCUT2D eigenvalue weighted by molar-refractivity contribution is 6.74. The molecule has 0 heterocycles. The van der Waals surface area contributed by atoms with Gasteiger partial charge in [-0.3, -0.25) is 0 Å². The second-order valence-corrected chi connectivity index (χ2v) is 11.5. The minimum Gasteiger partial charge on any atom is -0.543 e. The van der Waals surface area contributed by atoms with Gasteiger partial charge in [0.25, 0.3) is 0 Å². The van der Waals surface area contributed by atoms with E-state index in [4.69, 9.17) is 4.43 Å². The number of aryl methyl sites for hydroxylation is 1. The largest absolute Gasteiger partial charge is 0.543 e. The van der Waals surface area contributed by atoms with Crippen LogP contribution >= 0.6 is 0 Å². The van der Waals surface area contributed by atoms with Gasteiger partial charge in [-0.15, -0.1) is 0 Å². The van der Waals surface area contributed by atoms with Crippen molar-refractivity contribution >= 4 is 14.0 Å². The summed E-state index contributed by atoms with van der Waals surface area (Å²) in [4.78, 5) is 0. The second-order valence-electron chi connectivity index (χ2n) is 6.77. The van der Waals surface area contributed by atoms with Crippen LogP contribution in [0.25, 0.3) is 0 Å². The Morgan fingerprint density at radius 2 is 1.84 bits per heavy atom. The van der Waals surface area contributed by atoms with E-state index in [1.165, 1.54) is 5.56 Å². The van der Waals surface area contributed by atoms with E-state index in [9.17, 15) is 0 Å². The Morgan fingerprint density at radius 1 is 1.21 bits per heavy atom. The summed E-state index contributed by atoms with van der Waals surface area (Å²) in [5.74, 6) is 1.03. The standard InChI is InChI=1S/C16H29NOSi/c1-8-11-17-14-10-9-13(2)15(12-14)18-19(6,7)16(3,4)5/h9-10,12,17H,8,11H2,1-7H3.